The Labute approximate surface area is 104 Å². The molecule has 1 aromatic carbocycles. The lowest BCUT2D eigenvalue weighted by molar-refractivity contribution is 0.0809. The molecule has 1 aliphatic rings. The van der Waals surface area contributed by atoms with Crippen LogP contribution in [0.4, 0.5) is 13.2 Å². The molecule has 3 atom stereocenters. The summed E-state index contributed by atoms with van der Waals surface area (Å²) in [7, 11) is 0. The van der Waals surface area contributed by atoms with Gasteiger partial charge in [0.15, 0.2) is 17.5 Å². The van der Waals surface area contributed by atoms with Crippen LogP contribution >= 0.6 is 0 Å². The number of benzene rings is 1. The van der Waals surface area contributed by atoms with Crippen LogP contribution in [-0.4, -0.2) is 12.7 Å². The Morgan fingerprint density at radius 1 is 1.33 bits per heavy atom. The Hall–Kier alpha value is -1.07. The molecule has 0 spiro atoms. The highest BCUT2D eigenvalue weighted by molar-refractivity contribution is 5.24. The second-order valence-corrected chi connectivity index (χ2v) is 4.56. The van der Waals surface area contributed by atoms with Crippen molar-refractivity contribution in [3.05, 3.63) is 35.1 Å². The molecule has 18 heavy (non-hydrogen) atoms. The van der Waals surface area contributed by atoms with E-state index in [-0.39, 0.29) is 17.6 Å². The molecule has 3 unspecified atom stereocenters. The van der Waals surface area contributed by atoms with Crippen molar-refractivity contribution in [1.29, 1.82) is 0 Å². The summed E-state index contributed by atoms with van der Waals surface area (Å²) in [5.41, 5.74) is 5.99. The summed E-state index contributed by atoms with van der Waals surface area (Å²) < 4.78 is 45.2. The first-order chi connectivity index (χ1) is 8.56. The topological polar surface area (TPSA) is 35.2 Å². The van der Waals surface area contributed by atoms with Crippen LogP contribution in [0.25, 0.3) is 0 Å². The predicted molar refractivity (Wildman–Crippen MR) is 61.4 cm³/mol. The molecule has 1 aromatic rings. The van der Waals surface area contributed by atoms with Crippen LogP contribution < -0.4 is 5.73 Å². The Morgan fingerprint density at radius 2 is 2.06 bits per heavy atom. The van der Waals surface area contributed by atoms with Gasteiger partial charge in [-0.3, -0.25) is 0 Å². The van der Waals surface area contributed by atoms with E-state index in [1.165, 1.54) is 6.07 Å². The van der Waals surface area contributed by atoms with Gasteiger partial charge in [0.25, 0.3) is 0 Å². The van der Waals surface area contributed by atoms with Crippen molar-refractivity contribution < 1.29 is 17.9 Å². The van der Waals surface area contributed by atoms with E-state index in [0.717, 1.165) is 12.5 Å². The SMILES string of the molecule is CCC1OCCC1C(N)c1ccc(F)c(F)c1F. The molecule has 0 bridgehead atoms. The highest BCUT2D eigenvalue weighted by atomic mass is 19.2. The molecular weight excluding hydrogens is 243 g/mol. The average molecular weight is 259 g/mol. The fourth-order valence-corrected chi connectivity index (χ4v) is 2.53. The van der Waals surface area contributed by atoms with Crippen LogP contribution in [0.5, 0.6) is 0 Å². The van der Waals surface area contributed by atoms with Crippen molar-refractivity contribution in [2.45, 2.75) is 31.9 Å². The fraction of sp³-hybridized carbons (Fsp3) is 0.538. The van der Waals surface area contributed by atoms with Crippen molar-refractivity contribution in [3.63, 3.8) is 0 Å². The summed E-state index contributed by atoms with van der Waals surface area (Å²) in [5.74, 6) is -3.91. The Kier molecular flexibility index (Phi) is 3.92. The van der Waals surface area contributed by atoms with Gasteiger partial charge in [-0.25, -0.2) is 13.2 Å². The minimum atomic E-state index is -1.46. The first kappa shape index (κ1) is 13.4. The van der Waals surface area contributed by atoms with Gasteiger partial charge in [0.05, 0.1) is 6.10 Å². The van der Waals surface area contributed by atoms with E-state index < -0.39 is 23.5 Å². The molecule has 2 nitrogen and oxygen atoms in total. The largest absolute Gasteiger partial charge is 0.378 e. The van der Waals surface area contributed by atoms with Crippen LogP contribution in [0.15, 0.2) is 12.1 Å². The molecule has 0 aliphatic carbocycles. The molecule has 1 fully saturated rings. The minimum Gasteiger partial charge on any atom is -0.378 e. The lowest BCUT2D eigenvalue weighted by Gasteiger charge is -2.24. The molecule has 100 valence electrons. The summed E-state index contributed by atoms with van der Waals surface area (Å²) in [4.78, 5) is 0. The standard InChI is InChI=1S/C13H16F3NO/c1-2-10-7(5-6-18-10)13(17)8-3-4-9(14)12(16)11(8)15/h3-4,7,10,13H,2,5-6,17H2,1H3. The number of rotatable bonds is 3. The predicted octanol–water partition coefficient (Wildman–Crippen LogP) is 2.92. The van der Waals surface area contributed by atoms with Crippen LogP contribution in [0.2, 0.25) is 0 Å². The van der Waals surface area contributed by atoms with E-state index in [1.807, 2.05) is 6.92 Å². The highest BCUT2D eigenvalue weighted by Gasteiger charge is 2.34. The Morgan fingerprint density at radius 3 is 2.72 bits per heavy atom. The number of hydrogen-bond donors (Lipinski definition) is 1. The zero-order valence-corrected chi connectivity index (χ0v) is 10.1. The summed E-state index contributed by atoms with van der Waals surface area (Å²) in [6.45, 7) is 2.53. The van der Waals surface area contributed by atoms with Crippen molar-refractivity contribution in [1.82, 2.24) is 0 Å². The van der Waals surface area contributed by atoms with Crippen molar-refractivity contribution in [3.8, 4) is 0 Å². The molecule has 0 aromatic heterocycles. The summed E-state index contributed by atoms with van der Waals surface area (Å²) in [5, 5.41) is 0. The maximum absolute atomic E-state index is 13.7. The highest BCUT2D eigenvalue weighted by Crippen LogP contribution is 2.34. The number of nitrogens with two attached hydrogens (primary N) is 1. The van der Waals surface area contributed by atoms with Crippen molar-refractivity contribution in [2.24, 2.45) is 11.7 Å². The van der Waals surface area contributed by atoms with Gasteiger partial charge in [-0.05, 0) is 18.9 Å². The molecule has 0 saturated carbocycles. The summed E-state index contributed by atoms with van der Waals surface area (Å²) in [6.07, 6.45) is 1.43. The monoisotopic (exact) mass is 259 g/mol. The second kappa shape index (κ2) is 5.28. The van der Waals surface area contributed by atoms with Crippen molar-refractivity contribution in [2.75, 3.05) is 6.61 Å². The van der Waals surface area contributed by atoms with E-state index in [9.17, 15) is 13.2 Å². The van der Waals surface area contributed by atoms with Gasteiger partial charge >= 0.3 is 0 Å². The smallest absolute Gasteiger partial charge is 0.194 e. The van der Waals surface area contributed by atoms with Gasteiger partial charge in [0.1, 0.15) is 0 Å². The van der Waals surface area contributed by atoms with E-state index in [0.29, 0.717) is 13.0 Å². The molecule has 1 aliphatic heterocycles. The normalized spacial score (nSPS) is 25.4. The lowest BCUT2D eigenvalue weighted by Crippen LogP contribution is -2.29. The van der Waals surface area contributed by atoms with Gasteiger partial charge in [-0.1, -0.05) is 13.0 Å². The van der Waals surface area contributed by atoms with Crippen LogP contribution in [-0.2, 0) is 4.74 Å². The summed E-state index contributed by atoms with van der Waals surface area (Å²) >= 11 is 0. The van der Waals surface area contributed by atoms with E-state index in [4.69, 9.17) is 10.5 Å². The molecular formula is C13H16F3NO. The molecule has 1 saturated heterocycles. The molecule has 2 rings (SSSR count). The molecule has 1 heterocycles. The molecule has 5 heteroatoms. The van der Waals surface area contributed by atoms with Crippen LogP contribution in [0.1, 0.15) is 31.4 Å². The zero-order valence-electron chi connectivity index (χ0n) is 10.1. The first-order valence-electron chi connectivity index (χ1n) is 6.06. The first-order valence-corrected chi connectivity index (χ1v) is 6.06. The minimum absolute atomic E-state index is 0.0165. The Bertz CT molecular complexity index is 438. The lowest BCUT2D eigenvalue weighted by atomic mass is 9.87. The second-order valence-electron chi connectivity index (χ2n) is 4.56. The molecule has 0 radical (unpaired) electrons. The van der Waals surface area contributed by atoms with Gasteiger partial charge in [0, 0.05) is 24.1 Å². The average Bonchev–Trinajstić information content (AvgIpc) is 2.83. The van der Waals surface area contributed by atoms with E-state index >= 15 is 0 Å². The maximum atomic E-state index is 13.7. The van der Waals surface area contributed by atoms with Crippen molar-refractivity contribution >= 4 is 0 Å². The van der Waals surface area contributed by atoms with E-state index in [2.05, 4.69) is 0 Å². The summed E-state index contributed by atoms with van der Waals surface area (Å²) in [6, 6.07) is 1.45. The third-order valence-electron chi connectivity index (χ3n) is 3.55. The van der Waals surface area contributed by atoms with E-state index in [1.54, 1.807) is 0 Å². The number of ether oxygens (including phenoxy) is 1. The third-order valence-corrected chi connectivity index (χ3v) is 3.55. The van der Waals surface area contributed by atoms with Gasteiger partial charge < -0.3 is 10.5 Å². The fourth-order valence-electron chi connectivity index (χ4n) is 2.53. The maximum Gasteiger partial charge on any atom is 0.194 e. The van der Waals surface area contributed by atoms with Gasteiger partial charge in [0.2, 0.25) is 0 Å². The molecule has 0 amide bonds. The van der Waals surface area contributed by atoms with Crippen LogP contribution in [0.3, 0.4) is 0 Å². The van der Waals surface area contributed by atoms with Crippen LogP contribution in [0, 0.1) is 23.4 Å². The quantitative estimate of drug-likeness (QED) is 0.847. The Balaban J connectivity index is 2.28. The molecule has 2 N–H and O–H groups in total. The number of hydrogen-bond acceptors (Lipinski definition) is 2. The number of halogens is 3. The van der Waals surface area contributed by atoms with Gasteiger partial charge in [-0.15, -0.1) is 0 Å². The van der Waals surface area contributed by atoms with Gasteiger partial charge in [-0.2, -0.15) is 0 Å². The zero-order chi connectivity index (χ0) is 13.3. The third kappa shape index (κ3) is 2.24.